The maximum absolute atomic E-state index is 12.3. The van der Waals surface area contributed by atoms with Crippen molar-refractivity contribution in [1.29, 1.82) is 0 Å². The van der Waals surface area contributed by atoms with E-state index in [0.717, 1.165) is 38.0 Å². The number of aromatic nitrogens is 3. The first kappa shape index (κ1) is 22.4. The van der Waals surface area contributed by atoms with Gasteiger partial charge in [-0.25, -0.2) is 4.98 Å². The van der Waals surface area contributed by atoms with Crippen LogP contribution in [-0.4, -0.2) is 45.6 Å². The van der Waals surface area contributed by atoms with Crippen LogP contribution >= 0.6 is 0 Å². The van der Waals surface area contributed by atoms with Gasteiger partial charge in [0, 0.05) is 55.9 Å². The fourth-order valence-corrected chi connectivity index (χ4v) is 4.59. The summed E-state index contributed by atoms with van der Waals surface area (Å²) in [4.78, 5) is 24.0. The van der Waals surface area contributed by atoms with Crippen LogP contribution in [0.25, 0.3) is 11.0 Å². The summed E-state index contributed by atoms with van der Waals surface area (Å²) in [5, 5.41) is 7.70. The topological polar surface area (TPSA) is 75.1 Å². The number of nitrogens with one attached hydrogen (secondary N) is 2. The third-order valence-corrected chi connectivity index (χ3v) is 6.33. The average Bonchev–Trinajstić information content (AvgIpc) is 2.80. The maximum atomic E-state index is 12.3. The van der Waals surface area contributed by atoms with E-state index in [-0.39, 0.29) is 17.6 Å². The predicted molar refractivity (Wildman–Crippen MR) is 130 cm³/mol. The zero-order chi connectivity index (χ0) is 22.7. The lowest BCUT2D eigenvalue weighted by Crippen LogP contribution is -2.45. The quantitative estimate of drug-likeness (QED) is 0.587. The second-order valence-electron chi connectivity index (χ2n) is 8.85. The van der Waals surface area contributed by atoms with Crippen LogP contribution in [0.3, 0.4) is 0 Å². The van der Waals surface area contributed by atoms with Gasteiger partial charge in [0.15, 0.2) is 0 Å². The number of anilines is 1. The Kier molecular flexibility index (Phi) is 6.86. The zero-order valence-corrected chi connectivity index (χ0v) is 19.5. The largest absolute Gasteiger partial charge is 0.348 e. The lowest BCUT2D eigenvalue weighted by molar-refractivity contribution is 0.169. The van der Waals surface area contributed by atoms with Gasteiger partial charge in [-0.2, -0.15) is 4.98 Å². The third-order valence-electron chi connectivity index (χ3n) is 6.33. The summed E-state index contributed by atoms with van der Waals surface area (Å²) in [5.74, 6) is 0.529. The normalized spacial score (nSPS) is 16.9. The van der Waals surface area contributed by atoms with E-state index in [2.05, 4.69) is 63.6 Å². The number of hydrogen-bond donors (Lipinski definition) is 2. The summed E-state index contributed by atoms with van der Waals surface area (Å²) >= 11 is 0. The molecular formula is C25H34N6O. The van der Waals surface area contributed by atoms with Gasteiger partial charge in [0.1, 0.15) is 5.65 Å². The summed E-state index contributed by atoms with van der Waals surface area (Å²) in [6.45, 7) is 12.7. The van der Waals surface area contributed by atoms with E-state index in [1.54, 1.807) is 22.9 Å². The average molecular weight is 435 g/mol. The first-order valence-electron chi connectivity index (χ1n) is 11.7. The van der Waals surface area contributed by atoms with Crippen molar-refractivity contribution in [1.82, 2.24) is 24.8 Å². The molecule has 3 heterocycles. The molecule has 7 heteroatoms. The molecule has 2 atom stereocenters. The van der Waals surface area contributed by atoms with Crippen molar-refractivity contribution >= 4 is 17.0 Å². The molecular weight excluding hydrogens is 400 g/mol. The minimum Gasteiger partial charge on any atom is -0.348 e. The van der Waals surface area contributed by atoms with Crippen LogP contribution in [0.4, 0.5) is 5.95 Å². The Hall–Kier alpha value is -2.77. The molecule has 1 aromatic carbocycles. The van der Waals surface area contributed by atoms with Gasteiger partial charge in [-0.15, -0.1) is 0 Å². The maximum Gasteiger partial charge on any atom is 0.252 e. The predicted octanol–water partition coefficient (Wildman–Crippen LogP) is 3.90. The van der Waals surface area contributed by atoms with Gasteiger partial charge in [-0.3, -0.25) is 14.3 Å². The number of rotatable bonds is 7. The Morgan fingerprint density at radius 1 is 1.03 bits per heavy atom. The smallest absolute Gasteiger partial charge is 0.252 e. The van der Waals surface area contributed by atoms with Crippen LogP contribution in [0.2, 0.25) is 0 Å². The van der Waals surface area contributed by atoms with E-state index in [4.69, 9.17) is 0 Å². The van der Waals surface area contributed by atoms with Crippen LogP contribution in [0, 0.1) is 0 Å². The molecule has 0 aliphatic carbocycles. The highest BCUT2D eigenvalue weighted by Crippen LogP contribution is 2.27. The highest BCUT2D eigenvalue weighted by Gasteiger charge is 2.20. The molecule has 4 rings (SSSR count). The van der Waals surface area contributed by atoms with Crippen LogP contribution in [0.15, 0.2) is 47.4 Å². The monoisotopic (exact) mass is 434 g/mol. The molecule has 3 aromatic rings. The van der Waals surface area contributed by atoms with Crippen molar-refractivity contribution in [3.63, 3.8) is 0 Å². The van der Waals surface area contributed by atoms with Gasteiger partial charge in [-0.05, 0) is 44.4 Å². The van der Waals surface area contributed by atoms with E-state index in [1.165, 1.54) is 11.1 Å². The van der Waals surface area contributed by atoms with Gasteiger partial charge in [0.05, 0.1) is 6.04 Å². The van der Waals surface area contributed by atoms with Crippen molar-refractivity contribution in [2.45, 2.75) is 52.2 Å². The van der Waals surface area contributed by atoms with Crippen molar-refractivity contribution in [2.75, 3.05) is 31.5 Å². The Labute approximate surface area is 189 Å². The molecule has 0 amide bonds. The fraction of sp³-hybridized carbons (Fsp3) is 0.480. The van der Waals surface area contributed by atoms with E-state index in [0.29, 0.717) is 17.6 Å². The standard InChI is InChI=1S/C25H34N6O/c1-5-22(30-14-12-26-13-15-30)20-8-6-19(7-9-20)18(4)28-25-27-16-21-10-11-23(32)31(17(2)3)24(21)29-25/h6-11,16-18,22,26H,5,12-15H2,1-4H3,(H,27,28,29)/t18-,22+/m0/s1. The van der Waals surface area contributed by atoms with Gasteiger partial charge >= 0.3 is 0 Å². The van der Waals surface area contributed by atoms with Gasteiger partial charge in [-0.1, -0.05) is 31.2 Å². The van der Waals surface area contributed by atoms with Gasteiger partial charge in [0.25, 0.3) is 5.56 Å². The Bertz CT molecular complexity index is 1100. The molecule has 0 spiro atoms. The molecule has 32 heavy (non-hydrogen) atoms. The summed E-state index contributed by atoms with van der Waals surface area (Å²) in [7, 11) is 0. The van der Waals surface area contributed by atoms with Crippen molar-refractivity contribution in [3.05, 3.63) is 64.1 Å². The van der Waals surface area contributed by atoms with Gasteiger partial charge < -0.3 is 10.6 Å². The first-order valence-corrected chi connectivity index (χ1v) is 11.7. The third kappa shape index (κ3) is 4.69. The minimum atomic E-state index is -0.0456. The highest BCUT2D eigenvalue weighted by molar-refractivity contribution is 5.75. The van der Waals surface area contributed by atoms with Crippen LogP contribution in [-0.2, 0) is 0 Å². The zero-order valence-electron chi connectivity index (χ0n) is 19.5. The molecule has 7 nitrogen and oxygen atoms in total. The molecule has 0 bridgehead atoms. The molecule has 0 radical (unpaired) electrons. The molecule has 1 aliphatic heterocycles. The first-order chi connectivity index (χ1) is 15.5. The summed E-state index contributed by atoms with van der Waals surface area (Å²) in [5.41, 5.74) is 3.17. The van der Waals surface area contributed by atoms with Crippen LogP contribution in [0.1, 0.15) is 63.4 Å². The van der Waals surface area contributed by atoms with E-state index < -0.39 is 0 Å². The second-order valence-corrected chi connectivity index (χ2v) is 8.85. The SMILES string of the molecule is CC[C@H](c1ccc([C@H](C)Nc2ncc3ccc(=O)n(C(C)C)c3n2)cc1)N1CCNCC1. The number of hydrogen-bond acceptors (Lipinski definition) is 6. The van der Waals surface area contributed by atoms with Crippen LogP contribution < -0.4 is 16.2 Å². The number of benzene rings is 1. The molecule has 0 unspecified atom stereocenters. The molecule has 1 saturated heterocycles. The molecule has 1 aliphatic rings. The van der Waals surface area contributed by atoms with Crippen molar-refractivity contribution < 1.29 is 0 Å². The fourth-order valence-electron chi connectivity index (χ4n) is 4.59. The lowest BCUT2D eigenvalue weighted by atomic mass is 9.98. The molecule has 2 aromatic heterocycles. The Balaban J connectivity index is 1.52. The van der Waals surface area contributed by atoms with E-state index >= 15 is 0 Å². The number of pyridine rings is 1. The van der Waals surface area contributed by atoms with Crippen LogP contribution in [0.5, 0.6) is 0 Å². The van der Waals surface area contributed by atoms with E-state index in [1.807, 2.05) is 13.8 Å². The molecule has 1 fully saturated rings. The Morgan fingerprint density at radius 2 is 1.72 bits per heavy atom. The minimum absolute atomic E-state index is 0.0288. The summed E-state index contributed by atoms with van der Waals surface area (Å²) < 4.78 is 1.71. The molecule has 0 saturated carbocycles. The highest BCUT2D eigenvalue weighted by atomic mass is 16.1. The number of fused-ring (bicyclic) bond motifs is 1. The van der Waals surface area contributed by atoms with E-state index in [9.17, 15) is 4.79 Å². The summed E-state index contributed by atoms with van der Waals surface area (Å²) in [6.07, 6.45) is 2.88. The van der Waals surface area contributed by atoms with Crippen molar-refractivity contribution in [3.8, 4) is 0 Å². The molecule has 170 valence electrons. The van der Waals surface area contributed by atoms with Crippen molar-refractivity contribution in [2.24, 2.45) is 0 Å². The second kappa shape index (κ2) is 9.79. The van der Waals surface area contributed by atoms with Gasteiger partial charge in [0.2, 0.25) is 5.95 Å². The summed E-state index contributed by atoms with van der Waals surface area (Å²) in [6, 6.07) is 12.8. The lowest BCUT2D eigenvalue weighted by Gasteiger charge is -2.34. The number of nitrogens with zero attached hydrogens (tertiary/aromatic N) is 4. The Morgan fingerprint density at radius 3 is 2.38 bits per heavy atom. The molecule has 2 N–H and O–H groups in total. The number of piperazine rings is 1.